The summed E-state index contributed by atoms with van der Waals surface area (Å²) in [5, 5.41) is 7.99. The summed E-state index contributed by atoms with van der Waals surface area (Å²) in [6.07, 6.45) is 0.874. The maximum absolute atomic E-state index is 13.7. The fraction of sp³-hybridized carbons (Fsp3) is 0.381. The molecule has 0 spiro atoms. The van der Waals surface area contributed by atoms with E-state index in [-0.39, 0.29) is 5.70 Å². The Hall–Kier alpha value is -2.21. The largest absolute Gasteiger partial charge is 0.400 e. The van der Waals surface area contributed by atoms with Gasteiger partial charge >= 0.3 is 6.18 Å². The highest BCUT2D eigenvalue weighted by Gasteiger charge is 2.51. The Bertz CT molecular complexity index is 1000. The van der Waals surface area contributed by atoms with Crippen molar-refractivity contribution in [3.8, 4) is 5.69 Å². The highest BCUT2D eigenvalue weighted by atomic mass is 35.5. The smallest absolute Gasteiger partial charge is 0.387 e. The van der Waals surface area contributed by atoms with Gasteiger partial charge in [0.05, 0.1) is 21.8 Å². The number of halogens is 4. The number of rotatable bonds is 0. The number of alkyl halides is 3. The third kappa shape index (κ3) is 2.47. The van der Waals surface area contributed by atoms with E-state index in [1.165, 1.54) is 6.08 Å². The Kier molecular flexibility index (Phi) is 4.38. The van der Waals surface area contributed by atoms with Crippen LogP contribution in [0.3, 0.4) is 0 Å². The number of hydrogen-bond donors (Lipinski definition) is 1. The minimum Gasteiger partial charge on any atom is -0.387 e. The number of benzene rings is 1. The molecule has 1 aromatic carbocycles. The van der Waals surface area contributed by atoms with Crippen molar-refractivity contribution in [3.63, 3.8) is 0 Å². The van der Waals surface area contributed by atoms with E-state index in [1.54, 1.807) is 23.0 Å². The van der Waals surface area contributed by atoms with Crippen molar-refractivity contribution in [2.24, 2.45) is 5.92 Å². The van der Waals surface area contributed by atoms with Gasteiger partial charge in [0.2, 0.25) is 0 Å². The molecule has 2 aliphatic heterocycles. The first-order valence-electron chi connectivity index (χ1n) is 9.43. The van der Waals surface area contributed by atoms with Crippen LogP contribution in [-0.2, 0) is 11.8 Å². The van der Waals surface area contributed by atoms with Crippen LogP contribution in [0.2, 0.25) is 5.02 Å². The van der Waals surface area contributed by atoms with Gasteiger partial charge in [-0.3, -0.25) is 0 Å². The minimum absolute atomic E-state index is 0.234. The molecule has 2 aromatic rings. The molecule has 3 aliphatic rings. The third-order valence-electron chi connectivity index (χ3n) is 5.64. The van der Waals surface area contributed by atoms with Crippen LogP contribution in [0.1, 0.15) is 37.6 Å². The standard InChI is InChI=1S/C19H15ClF3N3.C2H6/c1-18-7-4-11(19(21,22)23)16-15(18)14-10(5-8-24-16)2-3-12(20)17(14)26-13(18)6-9-25-26;1-2/h2-4,6-7,9,11,24H,5,8H2,1H3;1-2H3. The van der Waals surface area contributed by atoms with E-state index in [1.807, 2.05) is 32.9 Å². The maximum atomic E-state index is 13.7. The normalized spacial score (nSPS) is 24.5. The summed E-state index contributed by atoms with van der Waals surface area (Å²) in [5.41, 5.74) is 3.47. The molecular weight excluding hydrogens is 387 g/mol. The monoisotopic (exact) mass is 407 g/mol. The number of nitrogens with one attached hydrogen (secondary N) is 1. The van der Waals surface area contributed by atoms with Crippen LogP contribution in [0.4, 0.5) is 13.2 Å². The zero-order chi connectivity index (χ0) is 20.3. The molecular formula is C21H21ClF3N3. The van der Waals surface area contributed by atoms with Crippen LogP contribution < -0.4 is 5.32 Å². The summed E-state index contributed by atoms with van der Waals surface area (Å²) in [6, 6.07) is 5.56. The van der Waals surface area contributed by atoms with Crippen molar-refractivity contribution in [1.82, 2.24) is 15.1 Å². The van der Waals surface area contributed by atoms with E-state index in [9.17, 15) is 13.2 Å². The molecule has 0 radical (unpaired) electrons. The molecule has 0 saturated heterocycles. The highest BCUT2D eigenvalue weighted by molar-refractivity contribution is 6.33. The first-order chi connectivity index (χ1) is 13.3. The topological polar surface area (TPSA) is 29.9 Å². The van der Waals surface area contributed by atoms with Gasteiger partial charge in [-0.1, -0.05) is 43.7 Å². The lowest BCUT2D eigenvalue weighted by molar-refractivity contribution is -0.153. The van der Waals surface area contributed by atoms with Gasteiger partial charge in [0, 0.05) is 24.0 Å². The van der Waals surface area contributed by atoms with E-state index in [0.29, 0.717) is 29.2 Å². The summed E-state index contributed by atoms with van der Waals surface area (Å²) in [5.74, 6) is -1.64. The number of nitrogens with zero attached hydrogens (tertiary/aromatic N) is 2. The van der Waals surface area contributed by atoms with Crippen molar-refractivity contribution >= 4 is 17.2 Å². The maximum Gasteiger partial charge on any atom is 0.400 e. The van der Waals surface area contributed by atoms with Crippen molar-refractivity contribution in [2.45, 2.75) is 38.8 Å². The molecule has 28 heavy (non-hydrogen) atoms. The van der Waals surface area contributed by atoms with E-state index in [2.05, 4.69) is 10.4 Å². The predicted octanol–water partition coefficient (Wildman–Crippen LogP) is 5.43. The first-order valence-corrected chi connectivity index (χ1v) is 9.81. The van der Waals surface area contributed by atoms with Crippen molar-refractivity contribution in [2.75, 3.05) is 6.54 Å². The van der Waals surface area contributed by atoms with Crippen LogP contribution in [-0.4, -0.2) is 22.5 Å². The Morgan fingerprint density at radius 2 is 2.00 bits per heavy atom. The minimum atomic E-state index is -4.35. The summed E-state index contributed by atoms with van der Waals surface area (Å²) in [6.45, 7) is 6.39. The lowest BCUT2D eigenvalue weighted by Gasteiger charge is -2.42. The molecule has 0 saturated carbocycles. The van der Waals surface area contributed by atoms with Crippen molar-refractivity contribution < 1.29 is 13.2 Å². The second-order valence-corrected chi connectivity index (χ2v) is 7.51. The van der Waals surface area contributed by atoms with E-state index >= 15 is 0 Å². The van der Waals surface area contributed by atoms with Gasteiger partial charge < -0.3 is 5.32 Å². The molecule has 0 fully saturated rings. The van der Waals surface area contributed by atoms with Crippen LogP contribution in [0.25, 0.3) is 11.3 Å². The second-order valence-electron chi connectivity index (χ2n) is 7.10. The summed E-state index contributed by atoms with van der Waals surface area (Å²) in [7, 11) is 0. The van der Waals surface area contributed by atoms with Crippen LogP contribution in [0.5, 0.6) is 0 Å². The molecule has 3 nitrogen and oxygen atoms in total. The molecule has 0 amide bonds. The van der Waals surface area contributed by atoms with Gasteiger partial charge in [-0.25, -0.2) is 4.68 Å². The van der Waals surface area contributed by atoms with E-state index in [4.69, 9.17) is 11.6 Å². The molecule has 7 heteroatoms. The molecule has 5 rings (SSSR count). The van der Waals surface area contributed by atoms with Gasteiger partial charge in [0.25, 0.3) is 0 Å². The molecule has 3 heterocycles. The van der Waals surface area contributed by atoms with E-state index in [0.717, 1.165) is 16.8 Å². The summed E-state index contributed by atoms with van der Waals surface area (Å²) in [4.78, 5) is 0. The molecule has 1 aromatic heterocycles. The molecule has 0 bridgehead atoms. The molecule has 1 N–H and O–H groups in total. The fourth-order valence-corrected chi connectivity index (χ4v) is 4.73. The zero-order valence-corrected chi connectivity index (χ0v) is 16.6. The fourth-order valence-electron chi connectivity index (χ4n) is 4.49. The quantitative estimate of drug-likeness (QED) is 0.590. The van der Waals surface area contributed by atoms with E-state index < -0.39 is 17.5 Å². The first kappa shape index (κ1) is 19.1. The Labute approximate surface area is 166 Å². The Morgan fingerprint density at radius 1 is 1.25 bits per heavy atom. The molecule has 2 atom stereocenters. The lowest BCUT2D eigenvalue weighted by Crippen LogP contribution is -2.40. The van der Waals surface area contributed by atoms with Gasteiger partial charge in [-0.2, -0.15) is 18.3 Å². The van der Waals surface area contributed by atoms with Crippen LogP contribution in [0, 0.1) is 5.92 Å². The highest BCUT2D eigenvalue weighted by Crippen LogP contribution is 2.55. The van der Waals surface area contributed by atoms with Gasteiger partial charge in [0.15, 0.2) is 0 Å². The van der Waals surface area contributed by atoms with Gasteiger partial charge in [-0.05, 0) is 36.6 Å². The molecule has 2 unspecified atom stereocenters. The number of aromatic nitrogens is 2. The molecule has 1 aliphatic carbocycles. The van der Waals surface area contributed by atoms with Crippen molar-refractivity contribution in [3.05, 3.63) is 64.1 Å². The number of hydrogen-bond acceptors (Lipinski definition) is 2. The average molecular weight is 408 g/mol. The van der Waals surface area contributed by atoms with Gasteiger partial charge in [0.1, 0.15) is 5.92 Å². The van der Waals surface area contributed by atoms with Gasteiger partial charge in [-0.15, -0.1) is 0 Å². The SMILES string of the molecule is CC.CC12C=CC(C(F)(F)F)C3=C1c1c(ccc(Cl)c1-n1nccc12)CCN3. The summed E-state index contributed by atoms with van der Waals surface area (Å²) < 4.78 is 43.0. The summed E-state index contributed by atoms with van der Waals surface area (Å²) >= 11 is 6.48. The predicted molar refractivity (Wildman–Crippen MR) is 105 cm³/mol. The van der Waals surface area contributed by atoms with Crippen LogP contribution in [0.15, 0.2) is 42.2 Å². The Morgan fingerprint density at radius 3 is 2.71 bits per heavy atom. The number of allylic oxidation sites excluding steroid dienone is 3. The number of fused-ring (bicyclic) bond motifs is 3. The molecule has 148 valence electrons. The van der Waals surface area contributed by atoms with Crippen LogP contribution >= 0.6 is 11.6 Å². The zero-order valence-electron chi connectivity index (χ0n) is 15.9. The third-order valence-corrected chi connectivity index (χ3v) is 5.94. The van der Waals surface area contributed by atoms with Crippen molar-refractivity contribution in [1.29, 1.82) is 0 Å². The average Bonchev–Trinajstić information content (AvgIpc) is 3.06. The second kappa shape index (κ2) is 6.41. The Balaban J connectivity index is 0.000000932. The lowest BCUT2D eigenvalue weighted by atomic mass is 9.67.